The lowest BCUT2D eigenvalue weighted by Crippen LogP contribution is -2.30. The summed E-state index contributed by atoms with van der Waals surface area (Å²) >= 11 is 0. The Hall–Kier alpha value is -3.15. The van der Waals surface area contributed by atoms with E-state index >= 15 is 0 Å². The summed E-state index contributed by atoms with van der Waals surface area (Å²) in [7, 11) is 0. The Bertz CT molecular complexity index is 1400. The van der Waals surface area contributed by atoms with Gasteiger partial charge in [0.1, 0.15) is 13.2 Å². The van der Waals surface area contributed by atoms with Gasteiger partial charge >= 0.3 is 17.9 Å². The van der Waals surface area contributed by atoms with E-state index in [1.807, 2.05) is 0 Å². The number of carbonyl (C=O) groups is 3. The summed E-state index contributed by atoms with van der Waals surface area (Å²) in [4.78, 5) is 38.2. The van der Waals surface area contributed by atoms with Crippen molar-refractivity contribution in [3.63, 3.8) is 0 Å². The summed E-state index contributed by atoms with van der Waals surface area (Å²) in [6.45, 7) is 6.52. The molecular formula is C70H124O6. The minimum atomic E-state index is -0.796. The Balaban J connectivity index is 4.24. The first-order valence-corrected chi connectivity index (χ1v) is 32.9. The number of hydrogen-bond acceptors (Lipinski definition) is 6. The highest BCUT2D eigenvalue weighted by Crippen LogP contribution is 2.18. The molecule has 0 amide bonds. The third kappa shape index (κ3) is 61.7. The molecule has 0 radical (unpaired) electrons. The normalized spacial score (nSPS) is 12.5. The molecule has 0 saturated heterocycles. The van der Waals surface area contributed by atoms with Gasteiger partial charge in [-0.05, 0) is 70.6 Å². The second-order valence-corrected chi connectivity index (χ2v) is 22.0. The predicted molar refractivity (Wildman–Crippen MR) is 330 cm³/mol. The van der Waals surface area contributed by atoms with Crippen LogP contribution in [0.1, 0.15) is 335 Å². The monoisotopic (exact) mass is 1060 g/mol. The molecule has 440 valence electrons. The van der Waals surface area contributed by atoms with Gasteiger partial charge in [0.25, 0.3) is 0 Å². The molecule has 0 aromatic carbocycles. The van der Waals surface area contributed by atoms with Crippen LogP contribution in [0.15, 0.2) is 72.9 Å². The summed E-state index contributed by atoms with van der Waals surface area (Å²) < 4.78 is 16.9. The minimum Gasteiger partial charge on any atom is -0.462 e. The maximum Gasteiger partial charge on any atom is 0.306 e. The largest absolute Gasteiger partial charge is 0.462 e. The number of carbonyl (C=O) groups excluding carboxylic acids is 3. The second kappa shape index (κ2) is 64.4. The van der Waals surface area contributed by atoms with Crippen molar-refractivity contribution in [3.05, 3.63) is 72.9 Å². The molecule has 0 aromatic heterocycles. The van der Waals surface area contributed by atoms with E-state index in [0.717, 1.165) is 89.9 Å². The molecule has 1 atom stereocenters. The van der Waals surface area contributed by atoms with Crippen LogP contribution in [0.4, 0.5) is 0 Å². The van der Waals surface area contributed by atoms with Crippen LogP contribution in [0, 0.1) is 0 Å². The Morgan fingerprint density at radius 2 is 0.513 bits per heavy atom. The van der Waals surface area contributed by atoms with E-state index < -0.39 is 6.10 Å². The van der Waals surface area contributed by atoms with Crippen molar-refractivity contribution in [1.82, 2.24) is 0 Å². The third-order valence-corrected chi connectivity index (χ3v) is 14.5. The third-order valence-electron chi connectivity index (χ3n) is 14.5. The summed E-state index contributed by atoms with van der Waals surface area (Å²) in [5, 5.41) is 0. The highest BCUT2D eigenvalue weighted by atomic mass is 16.6. The van der Waals surface area contributed by atoms with Gasteiger partial charge in [0.2, 0.25) is 0 Å². The van der Waals surface area contributed by atoms with Gasteiger partial charge in [0.15, 0.2) is 6.10 Å². The molecule has 0 aliphatic carbocycles. The lowest BCUT2D eigenvalue weighted by atomic mass is 10.0. The maximum atomic E-state index is 12.9. The first-order valence-electron chi connectivity index (χ1n) is 32.9. The van der Waals surface area contributed by atoms with E-state index in [1.165, 1.54) is 199 Å². The zero-order valence-electron chi connectivity index (χ0n) is 50.5. The molecule has 0 aliphatic rings. The Morgan fingerprint density at radius 3 is 0.803 bits per heavy atom. The van der Waals surface area contributed by atoms with Gasteiger partial charge in [-0.2, -0.15) is 0 Å². The van der Waals surface area contributed by atoms with E-state index in [9.17, 15) is 14.4 Å². The smallest absolute Gasteiger partial charge is 0.306 e. The van der Waals surface area contributed by atoms with Gasteiger partial charge in [0.05, 0.1) is 0 Å². The molecule has 1 unspecified atom stereocenters. The maximum absolute atomic E-state index is 12.9. The lowest BCUT2D eigenvalue weighted by molar-refractivity contribution is -0.167. The van der Waals surface area contributed by atoms with Crippen LogP contribution >= 0.6 is 0 Å². The fourth-order valence-corrected chi connectivity index (χ4v) is 9.57. The molecule has 0 bridgehead atoms. The van der Waals surface area contributed by atoms with Crippen LogP contribution in [-0.4, -0.2) is 37.2 Å². The van der Waals surface area contributed by atoms with E-state index in [0.29, 0.717) is 19.3 Å². The van der Waals surface area contributed by atoms with Gasteiger partial charge in [-0.15, -0.1) is 0 Å². The molecule has 76 heavy (non-hydrogen) atoms. The number of unbranched alkanes of at least 4 members (excludes halogenated alkanes) is 37. The Morgan fingerprint density at radius 1 is 0.276 bits per heavy atom. The standard InChI is InChI=1S/C70H124O6/c1-4-7-10-13-16-19-22-24-26-28-30-32-33-34-35-36-37-39-40-42-44-46-48-51-54-57-60-63-69(72)75-66-67(65-74-68(71)62-59-56-53-50-21-18-15-12-9-6-3)76-70(73)64-61-58-55-52-49-47-45-43-41-38-31-29-27-25-23-20-17-14-11-8-5-2/h8,11,17,20,25,27,31,38,43,45,49,52,67H,4-7,9-10,12-16,18-19,21-24,26,28-30,32-37,39-42,44,46-48,50-51,53-66H2,1-3H3/b11-8-,20-17-,27-25-,38-31-,45-43-,52-49-. The average molecular weight is 1060 g/mol. The lowest BCUT2D eigenvalue weighted by Gasteiger charge is -2.18. The van der Waals surface area contributed by atoms with E-state index in [2.05, 4.69) is 93.7 Å². The van der Waals surface area contributed by atoms with Crippen molar-refractivity contribution < 1.29 is 28.6 Å². The van der Waals surface area contributed by atoms with Crippen LogP contribution in [0.2, 0.25) is 0 Å². The molecule has 0 aromatic rings. The number of rotatable bonds is 60. The van der Waals surface area contributed by atoms with Gasteiger partial charge in [-0.3, -0.25) is 14.4 Å². The fourth-order valence-electron chi connectivity index (χ4n) is 9.57. The van der Waals surface area contributed by atoms with Crippen LogP contribution in [0.3, 0.4) is 0 Å². The van der Waals surface area contributed by atoms with Gasteiger partial charge in [0, 0.05) is 19.3 Å². The number of allylic oxidation sites excluding steroid dienone is 12. The molecule has 0 N–H and O–H groups in total. The Kier molecular flexibility index (Phi) is 61.7. The van der Waals surface area contributed by atoms with Crippen LogP contribution < -0.4 is 0 Å². The molecule has 0 fully saturated rings. The predicted octanol–water partition coefficient (Wildman–Crippen LogP) is 22.5. The molecule has 0 spiro atoms. The number of ether oxygens (including phenoxy) is 3. The second-order valence-electron chi connectivity index (χ2n) is 22.0. The van der Waals surface area contributed by atoms with E-state index in [4.69, 9.17) is 14.2 Å². The first-order chi connectivity index (χ1) is 37.5. The van der Waals surface area contributed by atoms with Crippen molar-refractivity contribution in [3.8, 4) is 0 Å². The number of hydrogen-bond donors (Lipinski definition) is 0. The van der Waals surface area contributed by atoms with Gasteiger partial charge in [-0.25, -0.2) is 0 Å². The van der Waals surface area contributed by atoms with Crippen molar-refractivity contribution in [2.75, 3.05) is 13.2 Å². The quantitative estimate of drug-likeness (QED) is 0.0261. The molecular weight excluding hydrogens is 937 g/mol. The minimum absolute atomic E-state index is 0.0891. The first kappa shape index (κ1) is 72.8. The highest BCUT2D eigenvalue weighted by molar-refractivity contribution is 5.71. The number of esters is 3. The Labute approximate surface area is 472 Å². The molecule has 6 heteroatoms. The highest BCUT2D eigenvalue weighted by Gasteiger charge is 2.19. The van der Waals surface area contributed by atoms with Crippen molar-refractivity contribution in [2.24, 2.45) is 0 Å². The van der Waals surface area contributed by atoms with Crippen LogP contribution in [-0.2, 0) is 28.6 Å². The van der Waals surface area contributed by atoms with Crippen molar-refractivity contribution >= 4 is 17.9 Å². The molecule has 0 heterocycles. The molecule has 0 saturated carbocycles. The summed E-state index contributed by atoms with van der Waals surface area (Å²) in [5.41, 5.74) is 0. The van der Waals surface area contributed by atoms with E-state index in [1.54, 1.807) is 0 Å². The zero-order chi connectivity index (χ0) is 55.0. The average Bonchev–Trinajstić information content (AvgIpc) is 3.42. The van der Waals surface area contributed by atoms with E-state index in [-0.39, 0.29) is 37.5 Å². The van der Waals surface area contributed by atoms with Crippen molar-refractivity contribution in [1.29, 1.82) is 0 Å². The van der Waals surface area contributed by atoms with Crippen LogP contribution in [0.25, 0.3) is 0 Å². The summed E-state index contributed by atoms with van der Waals surface area (Å²) in [6.07, 6.45) is 83.6. The zero-order valence-corrected chi connectivity index (χ0v) is 50.5. The van der Waals surface area contributed by atoms with Gasteiger partial charge in [-0.1, -0.05) is 318 Å². The van der Waals surface area contributed by atoms with Crippen LogP contribution in [0.5, 0.6) is 0 Å². The SMILES string of the molecule is CC/C=C\C/C=C\C/C=C\C/C=C\C/C=C\C/C=C\CCCCC(=O)OC(COC(=O)CCCCCCCCCCCC)COC(=O)CCCCCCCCCCCCCCCCCCCCCCCCCCCCC. The van der Waals surface area contributed by atoms with Crippen molar-refractivity contribution in [2.45, 2.75) is 341 Å². The summed E-state index contributed by atoms with van der Waals surface area (Å²) in [6, 6.07) is 0. The summed E-state index contributed by atoms with van der Waals surface area (Å²) in [5.74, 6) is -0.919. The fraction of sp³-hybridized carbons (Fsp3) is 0.786. The van der Waals surface area contributed by atoms with Gasteiger partial charge < -0.3 is 14.2 Å². The molecule has 0 aliphatic heterocycles. The molecule has 0 rings (SSSR count). The molecule has 6 nitrogen and oxygen atoms in total. The topological polar surface area (TPSA) is 78.9 Å².